The van der Waals surface area contributed by atoms with Gasteiger partial charge in [-0.25, -0.2) is 0 Å². The number of nitriles is 1. The molecular weight excluding hydrogens is 184 g/mol. The molecule has 3 heteroatoms. The molecule has 1 aliphatic heterocycles. The summed E-state index contributed by atoms with van der Waals surface area (Å²) in [5.41, 5.74) is 3.12. The van der Waals surface area contributed by atoms with E-state index in [0.717, 1.165) is 17.7 Å². The van der Waals surface area contributed by atoms with E-state index in [1.165, 1.54) is 5.56 Å². The Balaban J connectivity index is 0.000000845. The summed E-state index contributed by atoms with van der Waals surface area (Å²) >= 11 is 0. The van der Waals surface area contributed by atoms with Crippen molar-refractivity contribution in [2.45, 2.75) is 6.54 Å². The Morgan fingerprint density at radius 1 is 1.38 bits per heavy atom. The average Bonchev–Trinajstić information content (AvgIpc) is 2.17. The molecule has 2 nitrogen and oxygen atoms in total. The fourth-order valence-electron chi connectivity index (χ4n) is 1.30. The van der Waals surface area contributed by atoms with Crippen molar-refractivity contribution < 1.29 is 0 Å². The van der Waals surface area contributed by atoms with Gasteiger partial charge in [0.15, 0.2) is 0 Å². The highest BCUT2D eigenvalue weighted by molar-refractivity contribution is 5.85. The Kier molecular flexibility index (Phi) is 2.94. The minimum absolute atomic E-state index is 0. The molecule has 0 atom stereocenters. The monoisotopic (exact) mass is 192 g/mol. The van der Waals surface area contributed by atoms with Crippen LogP contribution in [0.15, 0.2) is 24.4 Å². The van der Waals surface area contributed by atoms with E-state index in [1.807, 2.05) is 30.5 Å². The Morgan fingerprint density at radius 3 is 3.00 bits per heavy atom. The zero-order valence-corrected chi connectivity index (χ0v) is 7.77. The Morgan fingerprint density at radius 2 is 2.23 bits per heavy atom. The maximum absolute atomic E-state index is 8.65. The van der Waals surface area contributed by atoms with E-state index in [-0.39, 0.29) is 12.4 Å². The quantitative estimate of drug-likeness (QED) is 0.683. The van der Waals surface area contributed by atoms with Gasteiger partial charge in [0, 0.05) is 6.54 Å². The van der Waals surface area contributed by atoms with Crippen LogP contribution >= 0.6 is 12.4 Å². The van der Waals surface area contributed by atoms with Crippen LogP contribution < -0.4 is 5.32 Å². The molecule has 0 saturated heterocycles. The van der Waals surface area contributed by atoms with Gasteiger partial charge in [-0.15, -0.1) is 12.4 Å². The van der Waals surface area contributed by atoms with Crippen molar-refractivity contribution in [2.24, 2.45) is 0 Å². The first kappa shape index (κ1) is 9.63. The van der Waals surface area contributed by atoms with Gasteiger partial charge in [0.05, 0.1) is 11.6 Å². The van der Waals surface area contributed by atoms with Gasteiger partial charge in [-0.2, -0.15) is 5.26 Å². The van der Waals surface area contributed by atoms with Gasteiger partial charge in [0.2, 0.25) is 0 Å². The predicted octanol–water partition coefficient (Wildman–Crippen LogP) is 2.05. The number of nitrogens with one attached hydrogen (secondary N) is 1. The van der Waals surface area contributed by atoms with Crippen LogP contribution in [0.4, 0.5) is 0 Å². The lowest BCUT2D eigenvalue weighted by Gasteiger charge is -2.11. The fraction of sp³-hybridized carbons (Fsp3) is 0.100. The van der Waals surface area contributed by atoms with E-state index in [4.69, 9.17) is 5.26 Å². The van der Waals surface area contributed by atoms with Crippen molar-refractivity contribution in [1.29, 1.82) is 5.26 Å². The van der Waals surface area contributed by atoms with E-state index in [9.17, 15) is 0 Å². The fourth-order valence-corrected chi connectivity index (χ4v) is 1.30. The molecule has 1 heterocycles. The normalized spacial score (nSPS) is 11.9. The molecular formula is C10H9ClN2. The zero-order chi connectivity index (χ0) is 8.39. The van der Waals surface area contributed by atoms with Crippen LogP contribution in [0.5, 0.6) is 0 Å². The highest BCUT2D eigenvalue weighted by atomic mass is 35.5. The second-order valence-electron chi connectivity index (χ2n) is 2.74. The predicted molar refractivity (Wildman–Crippen MR) is 54.3 cm³/mol. The molecule has 1 aromatic carbocycles. The summed E-state index contributed by atoms with van der Waals surface area (Å²) in [6.07, 6.45) is 3.89. The molecule has 0 amide bonds. The summed E-state index contributed by atoms with van der Waals surface area (Å²) in [4.78, 5) is 0. The number of hydrogen-bond acceptors (Lipinski definition) is 2. The topological polar surface area (TPSA) is 35.8 Å². The molecule has 0 saturated carbocycles. The molecule has 0 radical (unpaired) electrons. The summed E-state index contributed by atoms with van der Waals surface area (Å²) in [7, 11) is 0. The number of nitrogens with zero attached hydrogens (tertiary/aromatic N) is 1. The van der Waals surface area contributed by atoms with Crippen molar-refractivity contribution in [3.05, 3.63) is 41.1 Å². The summed E-state index contributed by atoms with van der Waals surface area (Å²) in [5.74, 6) is 0. The first-order valence-corrected chi connectivity index (χ1v) is 3.83. The Bertz CT molecular complexity index is 377. The van der Waals surface area contributed by atoms with Crippen LogP contribution in [0.25, 0.3) is 6.08 Å². The van der Waals surface area contributed by atoms with Gasteiger partial charge in [0.25, 0.3) is 0 Å². The molecule has 0 unspecified atom stereocenters. The van der Waals surface area contributed by atoms with Crippen LogP contribution in [0, 0.1) is 11.3 Å². The first-order valence-electron chi connectivity index (χ1n) is 3.83. The summed E-state index contributed by atoms with van der Waals surface area (Å²) in [6.45, 7) is 0.859. The SMILES string of the molecule is Cl.N#Cc1ccc2c(c1)C=CNC2. The maximum atomic E-state index is 8.65. The van der Waals surface area contributed by atoms with Crippen molar-refractivity contribution in [3.63, 3.8) is 0 Å². The van der Waals surface area contributed by atoms with Gasteiger partial charge in [-0.05, 0) is 35.5 Å². The van der Waals surface area contributed by atoms with Crippen LogP contribution in [0.3, 0.4) is 0 Å². The smallest absolute Gasteiger partial charge is 0.0991 e. The van der Waals surface area contributed by atoms with Crippen molar-refractivity contribution in [1.82, 2.24) is 5.32 Å². The molecule has 0 fully saturated rings. The molecule has 0 aliphatic carbocycles. The van der Waals surface area contributed by atoms with E-state index in [1.54, 1.807) is 0 Å². The lowest BCUT2D eigenvalue weighted by atomic mass is 10.0. The highest BCUT2D eigenvalue weighted by Gasteiger charge is 2.03. The van der Waals surface area contributed by atoms with Gasteiger partial charge >= 0.3 is 0 Å². The molecule has 66 valence electrons. The van der Waals surface area contributed by atoms with Gasteiger partial charge in [0.1, 0.15) is 0 Å². The second kappa shape index (κ2) is 3.97. The van der Waals surface area contributed by atoms with Crippen LogP contribution in [0.2, 0.25) is 0 Å². The maximum Gasteiger partial charge on any atom is 0.0991 e. The number of halogens is 1. The molecule has 1 N–H and O–H groups in total. The molecule has 2 rings (SSSR count). The van der Waals surface area contributed by atoms with Crippen LogP contribution in [0.1, 0.15) is 16.7 Å². The molecule has 0 spiro atoms. The highest BCUT2D eigenvalue weighted by Crippen LogP contribution is 2.15. The minimum atomic E-state index is 0. The lowest BCUT2D eigenvalue weighted by molar-refractivity contribution is 0.858. The van der Waals surface area contributed by atoms with E-state index >= 15 is 0 Å². The van der Waals surface area contributed by atoms with Gasteiger partial charge < -0.3 is 5.32 Å². The van der Waals surface area contributed by atoms with Crippen LogP contribution in [-0.4, -0.2) is 0 Å². The molecule has 13 heavy (non-hydrogen) atoms. The second-order valence-corrected chi connectivity index (χ2v) is 2.74. The lowest BCUT2D eigenvalue weighted by Crippen LogP contribution is -2.09. The Hall–Kier alpha value is -1.46. The molecule has 1 aliphatic rings. The van der Waals surface area contributed by atoms with Gasteiger partial charge in [-0.1, -0.05) is 6.07 Å². The van der Waals surface area contributed by atoms with Crippen molar-refractivity contribution in [2.75, 3.05) is 0 Å². The summed E-state index contributed by atoms with van der Waals surface area (Å²) in [6, 6.07) is 7.87. The molecule has 0 aromatic heterocycles. The standard InChI is InChI=1S/C10H8N2.ClH/c11-6-8-1-2-10-7-12-4-3-9(10)5-8;/h1-5,12H,7H2;1H. The third-order valence-corrected chi connectivity index (χ3v) is 1.95. The number of benzene rings is 1. The summed E-state index contributed by atoms with van der Waals surface area (Å²) in [5, 5.41) is 11.8. The average molecular weight is 193 g/mol. The third-order valence-electron chi connectivity index (χ3n) is 1.95. The number of rotatable bonds is 0. The van der Waals surface area contributed by atoms with E-state index in [2.05, 4.69) is 11.4 Å². The first-order chi connectivity index (χ1) is 5.90. The van der Waals surface area contributed by atoms with Crippen LogP contribution in [-0.2, 0) is 6.54 Å². The number of fused-ring (bicyclic) bond motifs is 1. The zero-order valence-electron chi connectivity index (χ0n) is 6.95. The summed E-state index contributed by atoms with van der Waals surface area (Å²) < 4.78 is 0. The number of hydrogen-bond donors (Lipinski definition) is 1. The van der Waals surface area contributed by atoms with Gasteiger partial charge in [-0.3, -0.25) is 0 Å². The van der Waals surface area contributed by atoms with E-state index in [0.29, 0.717) is 0 Å². The van der Waals surface area contributed by atoms with E-state index < -0.39 is 0 Å². The largest absolute Gasteiger partial charge is 0.387 e. The third kappa shape index (κ3) is 1.82. The van der Waals surface area contributed by atoms with Crippen molar-refractivity contribution >= 4 is 18.5 Å². The van der Waals surface area contributed by atoms with Crippen molar-refractivity contribution in [3.8, 4) is 6.07 Å². The molecule has 0 bridgehead atoms. The Labute approximate surface area is 83.3 Å². The minimum Gasteiger partial charge on any atom is -0.387 e. The molecule has 1 aromatic rings.